The zero-order chi connectivity index (χ0) is 12.0. The lowest BCUT2D eigenvalue weighted by Crippen LogP contribution is -2.42. The van der Waals surface area contributed by atoms with Gasteiger partial charge in [0.05, 0.1) is 6.04 Å². The minimum absolute atomic E-state index is 0.0192. The molecule has 0 aromatic heterocycles. The van der Waals surface area contributed by atoms with Crippen LogP contribution in [-0.4, -0.2) is 23.4 Å². The molecular weight excluding hydrogens is 200 g/mol. The van der Waals surface area contributed by atoms with Crippen molar-refractivity contribution in [1.29, 1.82) is 0 Å². The number of hydrogen-bond donors (Lipinski definition) is 1. The van der Waals surface area contributed by atoms with Gasteiger partial charge in [-0.3, -0.25) is 4.79 Å². The lowest BCUT2D eigenvalue weighted by Gasteiger charge is -2.24. The molecule has 0 bridgehead atoms. The Morgan fingerprint density at radius 2 is 2.00 bits per heavy atom. The second-order valence-electron chi connectivity index (χ2n) is 4.03. The second-order valence-corrected chi connectivity index (χ2v) is 4.03. The topological polar surface area (TPSA) is 46.3 Å². The molecule has 0 aliphatic rings. The largest absolute Gasteiger partial charge is 0.337 e. The van der Waals surface area contributed by atoms with Crippen molar-refractivity contribution in [3.8, 4) is 0 Å². The van der Waals surface area contributed by atoms with Crippen molar-refractivity contribution in [3.05, 3.63) is 35.9 Å². The van der Waals surface area contributed by atoms with Crippen molar-refractivity contribution >= 4 is 5.91 Å². The Balaban J connectivity index is 2.68. The molecule has 0 radical (unpaired) electrons. The lowest BCUT2D eigenvalue weighted by molar-refractivity contribution is -0.132. The summed E-state index contributed by atoms with van der Waals surface area (Å²) in [6.07, 6.45) is 0.950. The van der Waals surface area contributed by atoms with E-state index in [1.54, 1.807) is 6.92 Å². The summed E-state index contributed by atoms with van der Waals surface area (Å²) in [4.78, 5) is 13.7. The van der Waals surface area contributed by atoms with Crippen LogP contribution < -0.4 is 5.73 Å². The van der Waals surface area contributed by atoms with Crippen LogP contribution in [-0.2, 0) is 11.3 Å². The average Bonchev–Trinajstić information content (AvgIpc) is 2.29. The highest BCUT2D eigenvalue weighted by Crippen LogP contribution is 2.06. The van der Waals surface area contributed by atoms with Crippen molar-refractivity contribution in [2.75, 3.05) is 6.54 Å². The normalized spacial score (nSPS) is 12.2. The summed E-state index contributed by atoms with van der Waals surface area (Å²) >= 11 is 0. The summed E-state index contributed by atoms with van der Waals surface area (Å²) in [7, 11) is 0. The Morgan fingerprint density at radius 3 is 2.50 bits per heavy atom. The van der Waals surface area contributed by atoms with Crippen LogP contribution in [0.1, 0.15) is 25.8 Å². The third-order valence-electron chi connectivity index (χ3n) is 2.41. The Kier molecular flexibility index (Phi) is 4.99. The van der Waals surface area contributed by atoms with E-state index in [0.29, 0.717) is 6.54 Å². The van der Waals surface area contributed by atoms with Crippen molar-refractivity contribution in [2.45, 2.75) is 32.9 Å². The maximum Gasteiger partial charge on any atom is 0.239 e. The van der Waals surface area contributed by atoms with E-state index in [1.165, 1.54) is 0 Å². The minimum Gasteiger partial charge on any atom is -0.337 e. The highest BCUT2D eigenvalue weighted by molar-refractivity contribution is 5.81. The van der Waals surface area contributed by atoms with E-state index in [0.717, 1.165) is 18.5 Å². The van der Waals surface area contributed by atoms with Gasteiger partial charge in [0.25, 0.3) is 0 Å². The van der Waals surface area contributed by atoms with Crippen molar-refractivity contribution in [2.24, 2.45) is 5.73 Å². The van der Waals surface area contributed by atoms with Gasteiger partial charge in [-0.2, -0.15) is 0 Å². The van der Waals surface area contributed by atoms with Crippen molar-refractivity contribution in [3.63, 3.8) is 0 Å². The van der Waals surface area contributed by atoms with E-state index >= 15 is 0 Å². The number of amides is 1. The smallest absolute Gasteiger partial charge is 0.239 e. The number of carbonyl (C=O) groups excluding carboxylic acids is 1. The zero-order valence-corrected chi connectivity index (χ0v) is 10.0. The predicted octanol–water partition coefficient (Wildman–Crippen LogP) is 1.77. The van der Waals surface area contributed by atoms with E-state index in [1.807, 2.05) is 35.2 Å². The summed E-state index contributed by atoms with van der Waals surface area (Å²) in [5.41, 5.74) is 6.77. The molecule has 0 aliphatic heterocycles. The fraction of sp³-hybridized carbons (Fsp3) is 0.462. The van der Waals surface area contributed by atoms with E-state index in [4.69, 9.17) is 5.73 Å². The van der Waals surface area contributed by atoms with E-state index in [-0.39, 0.29) is 5.91 Å². The van der Waals surface area contributed by atoms with Crippen LogP contribution in [0.3, 0.4) is 0 Å². The van der Waals surface area contributed by atoms with E-state index in [9.17, 15) is 4.79 Å². The van der Waals surface area contributed by atoms with Gasteiger partial charge < -0.3 is 10.6 Å². The zero-order valence-electron chi connectivity index (χ0n) is 10.0. The van der Waals surface area contributed by atoms with Crippen LogP contribution in [0.15, 0.2) is 30.3 Å². The number of rotatable bonds is 5. The monoisotopic (exact) mass is 220 g/mol. The van der Waals surface area contributed by atoms with Gasteiger partial charge in [0.15, 0.2) is 0 Å². The van der Waals surface area contributed by atoms with Crippen LogP contribution >= 0.6 is 0 Å². The van der Waals surface area contributed by atoms with Crippen LogP contribution in [0.25, 0.3) is 0 Å². The molecule has 0 fully saturated rings. The maximum absolute atomic E-state index is 11.8. The number of nitrogens with two attached hydrogens (primary N) is 1. The Hall–Kier alpha value is -1.35. The third kappa shape index (κ3) is 3.66. The fourth-order valence-electron chi connectivity index (χ4n) is 1.63. The standard InChI is InChI=1S/C13H20N2O/c1-3-9-15(13(16)11(2)14)10-12-7-5-4-6-8-12/h4-8,11H,3,9-10,14H2,1-2H3/t11-/m0/s1. The van der Waals surface area contributed by atoms with Gasteiger partial charge in [0.1, 0.15) is 0 Å². The molecule has 1 rings (SSSR count). The van der Waals surface area contributed by atoms with Crippen LogP contribution in [0.2, 0.25) is 0 Å². The molecule has 1 aromatic rings. The molecule has 0 heterocycles. The molecular formula is C13H20N2O. The highest BCUT2D eigenvalue weighted by Gasteiger charge is 2.16. The summed E-state index contributed by atoms with van der Waals surface area (Å²) in [5.74, 6) is 0.0192. The Bertz CT molecular complexity index is 322. The molecule has 1 amide bonds. The fourth-order valence-corrected chi connectivity index (χ4v) is 1.63. The predicted molar refractivity (Wildman–Crippen MR) is 65.8 cm³/mol. The molecule has 0 saturated heterocycles. The first-order valence-electron chi connectivity index (χ1n) is 5.73. The minimum atomic E-state index is -0.421. The Labute approximate surface area is 97.2 Å². The molecule has 1 atom stereocenters. The highest BCUT2D eigenvalue weighted by atomic mass is 16.2. The van der Waals surface area contributed by atoms with Gasteiger partial charge in [-0.1, -0.05) is 37.3 Å². The van der Waals surface area contributed by atoms with Crippen molar-refractivity contribution < 1.29 is 4.79 Å². The number of benzene rings is 1. The van der Waals surface area contributed by atoms with Gasteiger partial charge in [-0.05, 0) is 18.9 Å². The molecule has 3 nitrogen and oxygen atoms in total. The van der Waals surface area contributed by atoms with Gasteiger partial charge >= 0.3 is 0 Å². The second kappa shape index (κ2) is 6.28. The quantitative estimate of drug-likeness (QED) is 0.822. The molecule has 2 N–H and O–H groups in total. The number of carbonyl (C=O) groups is 1. The van der Waals surface area contributed by atoms with E-state index < -0.39 is 6.04 Å². The summed E-state index contributed by atoms with van der Waals surface area (Å²) in [6, 6.07) is 9.57. The first-order valence-corrected chi connectivity index (χ1v) is 5.73. The van der Waals surface area contributed by atoms with Gasteiger partial charge in [0.2, 0.25) is 5.91 Å². The molecule has 3 heteroatoms. The Morgan fingerprint density at radius 1 is 1.38 bits per heavy atom. The molecule has 0 unspecified atom stereocenters. The molecule has 1 aromatic carbocycles. The SMILES string of the molecule is CCCN(Cc1ccccc1)C(=O)[C@H](C)N. The van der Waals surface area contributed by atoms with Crippen LogP contribution in [0, 0.1) is 0 Å². The van der Waals surface area contributed by atoms with Crippen LogP contribution in [0.4, 0.5) is 0 Å². The molecule has 16 heavy (non-hydrogen) atoms. The van der Waals surface area contributed by atoms with Gasteiger partial charge in [-0.25, -0.2) is 0 Å². The van der Waals surface area contributed by atoms with Crippen molar-refractivity contribution in [1.82, 2.24) is 4.90 Å². The molecule has 0 aliphatic carbocycles. The first-order chi connectivity index (χ1) is 7.65. The third-order valence-corrected chi connectivity index (χ3v) is 2.41. The maximum atomic E-state index is 11.8. The summed E-state index contributed by atoms with van der Waals surface area (Å²) in [5, 5.41) is 0. The van der Waals surface area contributed by atoms with E-state index in [2.05, 4.69) is 6.92 Å². The first kappa shape index (κ1) is 12.7. The van der Waals surface area contributed by atoms with Gasteiger partial charge in [0, 0.05) is 13.1 Å². The van der Waals surface area contributed by atoms with Crippen LogP contribution in [0.5, 0.6) is 0 Å². The number of hydrogen-bond acceptors (Lipinski definition) is 2. The molecule has 0 saturated carbocycles. The summed E-state index contributed by atoms with van der Waals surface area (Å²) < 4.78 is 0. The lowest BCUT2D eigenvalue weighted by atomic mass is 10.2. The number of nitrogens with zero attached hydrogens (tertiary/aromatic N) is 1. The average molecular weight is 220 g/mol. The van der Waals surface area contributed by atoms with Gasteiger partial charge in [-0.15, -0.1) is 0 Å². The summed E-state index contributed by atoms with van der Waals surface area (Å²) in [6.45, 7) is 5.20. The molecule has 0 spiro atoms. The molecule has 88 valence electrons.